The van der Waals surface area contributed by atoms with E-state index in [0.717, 1.165) is 0 Å². The van der Waals surface area contributed by atoms with Crippen LogP contribution in [-0.4, -0.2) is 61.0 Å². The molecule has 2 rings (SSSR count). The van der Waals surface area contributed by atoms with Gasteiger partial charge < -0.3 is 0 Å². The van der Waals surface area contributed by atoms with Crippen molar-refractivity contribution >= 4 is 17.4 Å². The third kappa shape index (κ3) is 5.30. The highest BCUT2D eigenvalue weighted by Crippen LogP contribution is 2.17. The van der Waals surface area contributed by atoms with Crippen molar-refractivity contribution in [1.29, 1.82) is 0 Å². The van der Waals surface area contributed by atoms with Crippen LogP contribution in [-0.2, 0) is 0 Å². The average molecular weight is 321 g/mol. The zero-order valence-corrected chi connectivity index (χ0v) is 12.1. The van der Waals surface area contributed by atoms with Gasteiger partial charge in [0, 0.05) is 36.8 Å². The summed E-state index contributed by atoms with van der Waals surface area (Å²) in [6.45, 7) is 0.930. The molecule has 0 unspecified atom stereocenters. The number of alkyl halides is 3. The Morgan fingerprint density at radius 1 is 1.05 bits per heavy atom. The Labute approximate surface area is 126 Å². The first-order chi connectivity index (χ1) is 9.83. The Kier molecular flexibility index (Phi) is 5.24. The van der Waals surface area contributed by atoms with Crippen LogP contribution in [0.4, 0.5) is 13.2 Å². The average Bonchev–Trinajstić information content (AvgIpc) is 2.40. The molecule has 116 valence electrons. The van der Waals surface area contributed by atoms with Gasteiger partial charge in [-0.15, -0.1) is 0 Å². The minimum atomic E-state index is -4.17. The van der Waals surface area contributed by atoms with Crippen molar-refractivity contribution in [2.24, 2.45) is 0 Å². The number of halogens is 4. The molecular weight excluding hydrogens is 305 g/mol. The Morgan fingerprint density at radius 3 is 2.10 bits per heavy atom. The van der Waals surface area contributed by atoms with E-state index in [0.29, 0.717) is 36.8 Å². The first kappa shape index (κ1) is 16.3. The molecule has 1 heterocycles. The number of ketones is 1. The molecule has 0 radical (unpaired) electrons. The normalized spacial score (nSPS) is 17.9. The monoisotopic (exact) mass is 320 g/mol. The van der Waals surface area contributed by atoms with Crippen LogP contribution in [0.15, 0.2) is 24.3 Å². The lowest BCUT2D eigenvalue weighted by molar-refractivity contribution is -0.149. The fourth-order valence-electron chi connectivity index (χ4n) is 2.29. The van der Waals surface area contributed by atoms with Gasteiger partial charge in [0.1, 0.15) is 0 Å². The predicted molar refractivity (Wildman–Crippen MR) is 74.7 cm³/mol. The molecule has 0 aliphatic carbocycles. The number of benzene rings is 1. The summed E-state index contributed by atoms with van der Waals surface area (Å²) < 4.78 is 36.8. The lowest BCUT2D eigenvalue weighted by Crippen LogP contribution is -2.50. The maximum atomic E-state index is 12.3. The second-order valence-electron chi connectivity index (χ2n) is 5.10. The SMILES string of the molecule is O=C(CN1CCN(CC(F)(F)F)CC1)c1ccc(Cl)cc1. The molecular formula is C14H16ClF3N2O. The summed E-state index contributed by atoms with van der Waals surface area (Å²) in [6.07, 6.45) is -4.17. The van der Waals surface area contributed by atoms with Crippen molar-refractivity contribution in [1.82, 2.24) is 9.80 Å². The molecule has 0 saturated carbocycles. The predicted octanol–water partition coefficient (Wildman–Crippen LogP) is 2.70. The van der Waals surface area contributed by atoms with Gasteiger partial charge >= 0.3 is 6.18 Å². The quantitative estimate of drug-likeness (QED) is 0.797. The number of nitrogens with zero attached hydrogens (tertiary/aromatic N) is 2. The molecule has 0 N–H and O–H groups in total. The fraction of sp³-hybridized carbons (Fsp3) is 0.500. The number of carbonyl (C=O) groups is 1. The van der Waals surface area contributed by atoms with Gasteiger partial charge in [-0.1, -0.05) is 11.6 Å². The molecule has 1 saturated heterocycles. The van der Waals surface area contributed by atoms with Crippen molar-refractivity contribution in [3.05, 3.63) is 34.9 Å². The van der Waals surface area contributed by atoms with Gasteiger partial charge in [-0.2, -0.15) is 13.2 Å². The Hall–Kier alpha value is -1.11. The highest BCUT2D eigenvalue weighted by atomic mass is 35.5. The van der Waals surface area contributed by atoms with Gasteiger partial charge in [0.15, 0.2) is 5.78 Å². The molecule has 7 heteroatoms. The molecule has 1 aromatic carbocycles. The molecule has 0 atom stereocenters. The molecule has 1 fully saturated rings. The van der Waals surface area contributed by atoms with Crippen molar-refractivity contribution < 1.29 is 18.0 Å². The lowest BCUT2D eigenvalue weighted by Gasteiger charge is -2.34. The standard InChI is InChI=1S/C14H16ClF3N2O/c15-12-3-1-11(2-4-12)13(21)9-19-5-7-20(8-6-19)10-14(16,17)18/h1-4H,5-10H2. The number of hydrogen-bond acceptors (Lipinski definition) is 3. The van der Waals surface area contributed by atoms with E-state index < -0.39 is 12.7 Å². The molecule has 0 spiro atoms. The number of Topliss-reactive ketones (excluding diaryl/α,β-unsaturated/α-hetero) is 1. The maximum absolute atomic E-state index is 12.3. The maximum Gasteiger partial charge on any atom is 0.401 e. The third-order valence-corrected chi connectivity index (χ3v) is 3.65. The van der Waals surface area contributed by atoms with E-state index in [9.17, 15) is 18.0 Å². The van der Waals surface area contributed by atoms with Crippen LogP contribution in [0.3, 0.4) is 0 Å². The van der Waals surface area contributed by atoms with Crippen molar-refractivity contribution in [3.8, 4) is 0 Å². The van der Waals surface area contributed by atoms with E-state index in [-0.39, 0.29) is 12.3 Å². The van der Waals surface area contributed by atoms with E-state index in [2.05, 4.69) is 0 Å². The summed E-state index contributed by atoms with van der Waals surface area (Å²) in [4.78, 5) is 15.3. The van der Waals surface area contributed by atoms with Gasteiger partial charge in [-0.3, -0.25) is 14.6 Å². The fourth-order valence-corrected chi connectivity index (χ4v) is 2.42. The second kappa shape index (κ2) is 6.77. The van der Waals surface area contributed by atoms with E-state index in [4.69, 9.17) is 11.6 Å². The van der Waals surface area contributed by atoms with Crippen LogP contribution in [0.2, 0.25) is 5.02 Å². The highest BCUT2D eigenvalue weighted by Gasteiger charge is 2.32. The lowest BCUT2D eigenvalue weighted by atomic mass is 10.1. The van der Waals surface area contributed by atoms with Gasteiger partial charge in [-0.25, -0.2) is 0 Å². The number of rotatable bonds is 4. The van der Waals surface area contributed by atoms with Crippen LogP contribution in [0.1, 0.15) is 10.4 Å². The zero-order valence-electron chi connectivity index (χ0n) is 11.4. The molecule has 0 aromatic heterocycles. The van der Waals surface area contributed by atoms with Crippen LogP contribution in [0, 0.1) is 0 Å². The first-order valence-corrected chi connectivity index (χ1v) is 7.01. The molecule has 1 aliphatic heterocycles. The van der Waals surface area contributed by atoms with Crippen molar-refractivity contribution in [2.45, 2.75) is 6.18 Å². The Balaban J connectivity index is 1.80. The summed E-state index contributed by atoms with van der Waals surface area (Å²) in [5.74, 6) is -0.0454. The summed E-state index contributed by atoms with van der Waals surface area (Å²) in [7, 11) is 0. The van der Waals surface area contributed by atoms with Gasteiger partial charge in [0.25, 0.3) is 0 Å². The van der Waals surface area contributed by atoms with Gasteiger partial charge in [0.05, 0.1) is 13.1 Å². The second-order valence-corrected chi connectivity index (χ2v) is 5.53. The summed E-state index contributed by atoms with van der Waals surface area (Å²) in [5, 5.41) is 0.562. The number of carbonyl (C=O) groups excluding carboxylic acids is 1. The summed E-state index contributed by atoms with van der Waals surface area (Å²) in [5.41, 5.74) is 0.567. The smallest absolute Gasteiger partial charge is 0.293 e. The van der Waals surface area contributed by atoms with Crippen LogP contribution >= 0.6 is 11.6 Å². The molecule has 1 aliphatic rings. The molecule has 1 aromatic rings. The minimum absolute atomic E-state index is 0.0454. The first-order valence-electron chi connectivity index (χ1n) is 6.64. The van der Waals surface area contributed by atoms with Crippen LogP contribution in [0.5, 0.6) is 0 Å². The summed E-state index contributed by atoms with van der Waals surface area (Å²) >= 11 is 5.76. The van der Waals surface area contributed by atoms with E-state index in [1.54, 1.807) is 24.3 Å². The van der Waals surface area contributed by atoms with E-state index in [1.807, 2.05) is 4.90 Å². The Bertz CT molecular complexity index is 482. The molecule has 0 amide bonds. The van der Waals surface area contributed by atoms with Crippen LogP contribution < -0.4 is 0 Å². The largest absolute Gasteiger partial charge is 0.401 e. The van der Waals surface area contributed by atoms with Gasteiger partial charge in [0.2, 0.25) is 0 Å². The van der Waals surface area contributed by atoms with E-state index >= 15 is 0 Å². The molecule has 3 nitrogen and oxygen atoms in total. The number of hydrogen-bond donors (Lipinski definition) is 0. The Morgan fingerprint density at radius 2 is 1.57 bits per heavy atom. The zero-order chi connectivity index (χ0) is 15.5. The van der Waals surface area contributed by atoms with Gasteiger partial charge in [-0.05, 0) is 24.3 Å². The number of piperazine rings is 1. The third-order valence-electron chi connectivity index (χ3n) is 3.40. The van der Waals surface area contributed by atoms with Crippen molar-refractivity contribution in [2.75, 3.05) is 39.3 Å². The summed E-state index contributed by atoms with van der Waals surface area (Å²) in [6, 6.07) is 6.61. The highest BCUT2D eigenvalue weighted by molar-refractivity contribution is 6.30. The molecule has 0 bridgehead atoms. The van der Waals surface area contributed by atoms with E-state index in [1.165, 1.54) is 4.90 Å². The minimum Gasteiger partial charge on any atom is -0.293 e. The van der Waals surface area contributed by atoms with Crippen molar-refractivity contribution in [3.63, 3.8) is 0 Å². The topological polar surface area (TPSA) is 23.6 Å². The van der Waals surface area contributed by atoms with Crippen LogP contribution in [0.25, 0.3) is 0 Å². The molecule has 21 heavy (non-hydrogen) atoms.